The van der Waals surface area contributed by atoms with Gasteiger partial charge in [-0.05, 0) is 59.4 Å². The molecule has 2 unspecified atom stereocenters. The maximum atomic E-state index is 12.4. The van der Waals surface area contributed by atoms with Crippen LogP contribution in [0.25, 0.3) is 24.3 Å². The second-order valence-electron chi connectivity index (χ2n) is 13.6. The maximum absolute atomic E-state index is 12.4. The minimum Gasteiger partial charge on any atom is -1.00 e. The largest absolute Gasteiger partial charge is 1.00 e. The number of hydrogen-bond acceptors (Lipinski definition) is 8. The molecule has 2 saturated heterocycles. The Morgan fingerprint density at radius 2 is 0.929 bits per heavy atom. The number of β-amino-alcohol motifs (C(OH)–C–C–N with tert-alkyl or cyclic N) is 2. The zero-order chi connectivity index (χ0) is 37.5. The molecule has 298 valence electrons. The molecule has 14 heteroatoms. The van der Waals surface area contributed by atoms with E-state index < -0.39 is 0 Å². The van der Waals surface area contributed by atoms with E-state index in [4.69, 9.17) is 0 Å². The number of halogens is 2. The van der Waals surface area contributed by atoms with Gasteiger partial charge in [0, 0.05) is 86.4 Å². The van der Waals surface area contributed by atoms with Gasteiger partial charge in [0.25, 0.3) is 11.8 Å². The summed E-state index contributed by atoms with van der Waals surface area (Å²) in [7, 11) is 3.36. The molecule has 10 nitrogen and oxygen atoms in total. The highest BCUT2D eigenvalue weighted by Gasteiger charge is 2.21. The summed E-state index contributed by atoms with van der Waals surface area (Å²) in [6.07, 6.45) is 17.1. The van der Waals surface area contributed by atoms with Crippen LogP contribution in [0.1, 0.15) is 35.1 Å². The SMILES string of the molecule is O=C(C[n+]1ccc(C=Cc2ccc(N3CCC(O)C3)cc2)cc1)NCCSSCCNC(=O)C[n+]1ccc(C=Cc2ccc(N3CCC(O)C3)cc2)cc1.[Cl-].[Cl-]. The zero-order valence-corrected chi connectivity index (χ0v) is 34.4. The lowest BCUT2D eigenvalue weighted by Crippen LogP contribution is -3.00. The Labute approximate surface area is 350 Å². The van der Waals surface area contributed by atoms with Crippen LogP contribution in [0.4, 0.5) is 11.4 Å². The van der Waals surface area contributed by atoms with E-state index >= 15 is 0 Å². The van der Waals surface area contributed by atoms with Crippen molar-refractivity contribution in [2.45, 2.75) is 38.1 Å². The second-order valence-corrected chi connectivity index (χ2v) is 16.3. The number of nitrogens with zero attached hydrogens (tertiary/aromatic N) is 4. The molecule has 0 radical (unpaired) electrons. The van der Waals surface area contributed by atoms with Crippen molar-refractivity contribution in [3.63, 3.8) is 0 Å². The summed E-state index contributed by atoms with van der Waals surface area (Å²) in [6, 6.07) is 24.7. The van der Waals surface area contributed by atoms with Crippen LogP contribution in [0.5, 0.6) is 0 Å². The van der Waals surface area contributed by atoms with Gasteiger partial charge in [-0.25, -0.2) is 0 Å². The number of benzene rings is 2. The fraction of sp³-hybridized carbons (Fsp3) is 0.333. The Morgan fingerprint density at radius 3 is 1.25 bits per heavy atom. The van der Waals surface area contributed by atoms with Gasteiger partial charge in [-0.2, -0.15) is 9.13 Å². The van der Waals surface area contributed by atoms with Crippen molar-refractivity contribution in [3.8, 4) is 0 Å². The minimum absolute atomic E-state index is 0. The molecule has 0 saturated carbocycles. The van der Waals surface area contributed by atoms with Crippen LogP contribution in [-0.4, -0.2) is 85.0 Å². The second kappa shape index (κ2) is 23.3. The monoisotopic (exact) mass is 836 g/mol. The third kappa shape index (κ3) is 14.5. The average Bonchev–Trinajstić information content (AvgIpc) is 3.83. The number of carbonyl (C=O) groups is 2. The van der Waals surface area contributed by atoms with Crippen molar-refractivity contribution in [1.82, 2.24) is 10.6 Å². The van der Waals surface area contributed by atoms with E-state index in [9.17, 15) is 19.8 Å². The number of rotatable bonds is 17. The molecule has 2 aromatic carbocycles. The molecule has 2 amide bonds. The number of hydrogen-bond donors (Lipinski definition) is 4. The van der Waals surface area contributed by atoms with Crippen LogP contribution in [0.15, 0.2) is 97.6 Å². The summed E-state index contributed by atoms with van der Waals surface area (Å²) in [5.74, 6) is 1.51. The van der Waals surface area contributed by atoms with Crippen LogP contribution < -0.4 is 54.4 Å². The first-order chi connectivity index (χ1) is 26.4. The van der Waals surface area contributed by atoms with Gasteiger partial charge in [0.1, 0.15) is 0 Å². The van der Waals surface area contributed by atoms with Crippen LogP contribution in [0, 0.1) is 0 Å². The molecule has 2 atom stereocenters. The molecule has 2 aromatic heterocycles. The molecule has 4 heterocycles. The van der Waals surface area contributed by atoms with Gasteiger partial charge in [-0.3, -0.25) is 9.59 Å². The van der Waals surface area contributed by atoms with Crippen molar-refractivity contribution in [2.75, 3.05) is 60.6 Å². The first kappa shape index (κ1) is 44.7. The molecule has 0 spiro atoms. The van der Waals surface area contributed by atoms with Crippen molar-refractivity contribution < 1.29 is 53.8 Å². The van der Waals surface area contributed by atoms with Gasteiger partial charge in [0.05, 0.1) is 12.2 Å². The van der Waals surface area contributed by atoms with E-state index in [1.807, 2.05) is 58.2 Å². The summed E-state index contributed by atoms with van der Waals surface area (Å²) in [5.41, 5.74) is 6.60. The predicted molar refractivity (Wildman–Crippen MR) is 221 cm³/mol. The standard InChI is InChI=1S/C42H48N6O4S2.2ClH/c49-39-17-25-47(29-39)37-9-5-33(6-10-37)1-3-35-13-21-45(22-14-35)31-41(51)43-19-27-53-54-28-20-44-42(52)32-46-23-15-36(16-24-46)4-2-34-7-11-38(12-8-34)48-26-18-40(50)30-48;;/h1-16,21-24,39-40,49-50H,17-20,25-32H2;2*1H. The van der Waals surface area contributed by atoms with Gasteiger partial charge in [-0.1, -0.05) is 70.2 Å². The Balaban J connectivity index is 0.00000348. The molecule has 4 N–H and O–H groups in total. The molecule has 4 aromatic rings. The van der Waals surface area contributed by atoms with E-state index in [1.165, 1.54) is 0 Å². The summed E-state index contributed by atoms with van der Waals surface area (Å²) in [4.78, 5) is 29.3. The number of anilines is 2. The summed E-state index contributed by atoms with van der Waals surface area (Å²) in [6.45, 7) is 4.86. The van der Waals surface area contributed by atoms with Gasteiger partial charge < -0.3 is 55.5 Å². The first-order valence-corrected chi connectivity index (χ1v) is 21.0. The highest BCUT2D eigenvalue weighted by molar-refractivity contribution is 8.76. The lowest BCUT2D eigenvalue weighted by atomic mass is 10.1. The Morgan fingerprint density at radius 1 is 0.589 bits per heavy atom. The number of amides is 2. The number of aromatic nitrogens is 2. The average molecular weight is 838 g/mol. The lowest BCUT2D eigenvalue weighted by molar-refractivity contribution is -0.684. The number of nitrogens with one attached hydrogen (secondary N) is 2. The fourth-order valence-corrected chi connectivity index (χ4v) is 8.14. The quantitative estimate of drug-likeness (QED) is 0.0554. The van der Waals surface area contributed by atoms with E-state index in [0.29, 0.717) is 26.2 Å². The van der Waals surface area contributed by atoms with E-state index in [1.54, 1.807) is 21.6 Å². The number of aliphatic hydroxyl groups is 2. The molecule has 2 aliphatic heterocycles. The molecular weight excluding hydrogens is 788 g/mol. The van der Waals surface area contributed by atoms with E-state index in [-0.39, 0.29) is 61.9 Å². The van der Waals surface area contributed by atoms with Crippen molar-refractivity contribution in [1.29, 1.82) is 0 Å². The fourth-order valence-electron chi connectivity index (χ4n) is 6.33. The van der Waals surface area contributed by atoms with Crippen LogP contribution in [0.2, 0.25) is 0 Å². The van der Waals surface area contributed by atoms with Crippen molar-refractivity contribution >= 4 is 69.1 Å². The third-order valence-electron chi connectivity index (χ3n) is 9.36. The first-order valence-electron chi connectivity index (χ1n) is 18.5. The maximum Gasteiger partial charge on any atom is 0.286 e. The molecule has 2 aliphatic rings. The number of aliphatic hydroxyl groups excluding tert-OH is 2. The van der Waals surface area contributed by atoms with Crippen LogP contribution >= 0.6 is 21.6 Å². The van der Waals surface area contributed by atoms with Gasteiger partial charge in [0.2, 0.25) is 13.1 Å². The summed E-state index contributed by atoms with van der Waals surface area (Å²) in [5, 5.41) is 25.5. The van der Waals surface area contributed by atoms with Crippen molar-refractivity contribution in [2.24, 2.45) is 0 Å². The smallest absolute Gasteiger partial charge is 0.286 e. The number of carbonyl (C=O) groups excluding carboxylic acids is 2. The van der Waals surface area contributed by atoms with Gasteiger partial charge in [-0.15, -0.1) is 0 Å². The highest BCUT2D eigenvalue weighted by Crippen LogP contribution is 2.23. The Hall–Kier alpha value is -4.04. The molecule has 6 rings (SSSR count). The highest BCUT2D eigenvalue weighted by atomic mass is 35.5. The van der Waals surface area contributed by atoms with Gasteiger partial charge in [0.15, 0.2) is 24.8 Å². The van der Waals surface area contributed by atoms with Crippen molar-refractivity contribution in [3.05, 3.63) is 120 Å². The molecule has 0 bridgehead atoms. The minimum atomic E-state index is -0.232. The van der Waals surface area contributed by atoms with E-state index in [0.717, 1.165) is 71.1 Å². The summed E-state index contributed by atoms with van der Waals surface area (Å²) < 4.78 is 3.73. The van der Waals surface area contributed by atoms with Gasteiger partial charge >= 0.3 is 0 Å². The zero-order valence-electron chi connectivity index (χ0n) is 31.3. The lowest BCUT2D eigenvalue weighted by Gasteiger charge is -2.17. The van der Waals surface area contributed by atoms with Crippen LogP contribution in [0.3, 0.4) is 0 Å². The molecule has 2 fully saturated rings. The molecular formula is C42H50Cl2N6O4S2. The molecule has 0 aliphatic carbocycles. The predicted octanol–water partition coefficient (Wildman–Crippen LogP) is -1.93. The molecule has 56 heavy (non-hydrogen) atoms. The van der Waals surface area contributed by atoms with Crippen LogP contribution in [-0.2, 0) is 22.7 Å². The Bertz CT molecular complexity index is 1730. The normalized spacial score (nSPS) is 16.5. The topological polar surface area (TPSA) is 113 Å². The van der Waals surface area contributed by atoms with E-state index in [2.05, 4.69) is 93.3 Å². The third-order valence-corrected chi connectivity index (χ3v) is 11.8. The summed E-state index contributed by atoms with van der Waals surface area (Å²) >= 11 is 0. The number of pyridine rings is 2. The Kier molecular flexibility index (Phi) is 18.5.